The second-order valence-corrected chi connectivity index (χ2v) is 4.52. The Bertz CT molecular complexity index is 540. The number of aryl methyl sites for hydroxylation is 1. The van der Waals surface area contributed by atoms with Crippen molar-refractivity contribution < 1.29 is 24.2 Å². The number of hydrogen-bond acceptors (Lipinski definition) is 7. The summed E-state index contributed by atoms with van der Waals surface area (Å²) >= 11 is 0. The van der Waals surface area contributed by atoms with Gasteiger partial charge in [0.05, 0.1) is 13.7 Å². The smallest absolute Gasteiger partial charge is 0.376 e. The number of hydrogen-bond donors (Lipinski definition) is 2. The van der Waals surface area contributed by atoms with Crippen LogP contribution in [0.25, 0.3) is 0 Å². The van der Waals surface area contributed by atoms with Crippen molar-refractivity contribution in [3.05, 3.63) is 17.6 Å². The van der Waals surface area contributed by atoms with Crippen molar-refractivity contribution in [2.75, 3.05) is 25.6 Å². The Morgan fingerprint density at radius 2 is 2.25 bits per heavy atom. The third-order valence-corrected chi connectivity index (χ3v) is 3.02. The highest BCUT2D eigenvalue weighted by atomic mass is 16.5. The van der Waals surface area contributed by atoms with Gasteiger partial charge in [0.25, 0.3) is 0 Å². The number of esters is 1. The average molecular weight is 281 g/mol. The molecular formula is C12H15N3O5. The van der Waals surface area contributed by atoms with E-state index < -0.39 is 17.5 Å². The number of aliphatic carboxylic acids is 1. The van der Waals surface area contributed by atoms with Crippen molar-refractivity contribution in [3.63, 3.8) is 0 Å². The van der Waals surface area contributed by atoms with Gasteiger partial charge in [0.15, 0.2) is 5.54 Å². The molecular weight excluding hydrogens is 266 g/mol. The predicted octanol–water partition coefficient (Wildman–Crippen LogP) is 0.227. The minimum Gasteiger partial charge on any atom is -0.479 e. The first kappa shape index (κ1) is 14.2. The van der Waals surface area contributed by atoms with Crippen LogP contribution in [0.15, 0.2) is 6.07 Å². The summed E-state index contributed by atoms with van der Waals surface area (Å²) in [6, 6.07) is 1.56. The zero-order valence-electron chi connectivity index (χ0n) is 11.2. The lowest BCUT2D eigenvalue weighted by atomic mass is 9.99. The van der Waals surface area contributed by atoms with Gasteiger partial charge in [-0.1, -0.05) is 0 Å². The molecule has 108 valence electrons. The second kappa shape index (κ2) is 5.41. The highest BCUT2D eigenvalue weighted by Crippen LogP contribution is 2.24. The van der Waals surface area contributed by atoms with E-state index in [9.17, 15) is 14.7 Å². The number of carbonyl (C=O) groups is 2. The number of rotatable bonds is 4. The van der Waals surface area contributed by atoms with E-state index in [0.29, 0.717) is 18.7 Å². The molecule has 0 radical (unpaired) electrons. The van der Waals surface area contributed by atoms with Crippen molar-refractivity contribution in [3.8, 4) is 0 Å². The SMILES string of the molecule is COC(=O)c1nc(C)cc(NC2(C(=O)O)CCOC2)n1. The first-order valence-corrected chi connectivity index (χ1v) is 6.00. The lowest BCUT2D eigenvalue weighted by Crippen LogP contribution is -2.47. The van der Waals surface area contributed by atoms with Gasteiger partial charge in [0.2, 0.25) is 5.82 Å². The number of carboxylic acid groups (broad SMARTS) is 1. The quantitative estimate of drug-likeness (QED) is 0.754. The van der Waals surface area contributed by atoms with E-state index in [1.807, 2.05) is 0 Å². The fourth-order valence-electron chi connectivity index (χ4n) is 1.95. The maximum atomic E-state index is 11.5. The van der Waals surface area contributed by atoms with Crippen molar-refractivity contribution in [1.82, 2.24) is 9.97 Å². The van der Waals surface area contributed by atoms with Crippen LogP contribution in [0.4, 0.5) is 5.82 Å². The fraction of sp³-hybridized carbons (Fsp3) is 0.500. The standard InChI is InChI=1S/C12H15N3O5/c1-7-5-8(14-9(13-7)10(16)19-2)15-12(11(17)18)3-4-20-6-12/h5H,3-4,6H2,1-2H3,(H,17,18)(H,13,14,15). The van der Waals surface area contributed by atoms with Crippen LogP contribution in [0.1, 0.15) is 22.7 Å². The molecule has 2 rings (SSSR count). The molecule has 1 unspecified atom stereocenters. The fourth-order valence-corrected chi connectivity index (χ4v) is 1.95. The molecule has 1 aromatic rings. The Morgan fingerprint density at radius 1 is 1.50 bits per heavy atom. The maximum absolute atomic E-state index is 11.5. The molecule has 1 aliphatic rings. The molecule has 2 heterocycles. The number of carbonyl (C=O) groups excluding carboxylic acids is 1. The first-order chi connectivity index (χ1) is 9.47. The summed E-state index contributed by atoms with van der Waals surface area (Å²) in [4.78, 5) is 30.8. The van der Waals surface area contributed by atoms with E-state index in [2.05, 4.69) is 20.0 Å². The molecule has 1 fully saturated rings. The van der Waals surface area contributed by atoms with Gasteiger partial charge in [-0.2, -0.15) is 0 Å². The molecule has 1 atom stereocenters. The molecule has 1 aromatic heterocycles. The normalized spacial score (nSPS) is 21.5. The number of nitrogens with zero attached hydrogens (tertiary/aromatic N) is 2. The number of carboxylic acids is 1. The Balaban J connectivity index is 2.31. The van der Waals surface area contributed by atoms with Gasteiger partial charge < -0.3 is 19.9 Å². The maximum Gasteiger partial charge on any atom is 0.376 e. The summed E-state index contributed by atoms with van der Waals surface area (Å²) in [5, 5.41) is 12.2. The monoisotopic (exact) mass is 281 g/mol. The Labute approximate surface area is 115 Å². The minimum atomic E-state index is -1.23. The van der Waals surface area contributed by atoms with Gasteiger partial charge in [-0.05, 0) is 6.92 Å². The molecule has 0 aromatic carbocycles. The zero-order chi connectivity index (χ0) is 14.8. The number of methoxy groups -OCH3 is 1. The van der Waals surface area contributed by atoms with Crippen LogP contribution in [0.3, 0.4) is 0 Å². The van der Waals surface area contributed by atoms with Gasteiger partial charge in [-0.25, -0.2) is 19.6 Å². The van der Waals surface area contributed by atoms with Gasteiger partial charge in [-0.3, -0.25) is 0 Å². The third-order valence-electron chi connectivity index (χ3n) is 3.02. The van der Waals surface area contributed by atoms with Gasteiger partial charge in [0, 0.05) is 24.8 Å². The number of aromatic nitrogens is 2. The lowest BCUT2D eigenvalue weighted by molar-refractivity contribution is -0.142. The largest absolute Gasteiger partial charge is 0.479 e. The lowest BCUT2D eigenvalue weighted by Gasteiger charge is -2.24. The van der Waals surface area contributed by atoms with Crippen LogP contribution in [0.5, 0.6) is 0 Å². The molecule has 0 bridgehead atoms. The van der Waals surface area contributed by atoms with Crippen LogP contribution >= 0.6 is 0 Å². The average Bonchev–Trinajstić information content (AvgIpc) is 2.87. The van der Waals surface area contributed by atoms with E-state index in [4.69, 9.17) is 4.74 Å². The van der Waals surface area contributed by atoms with Crippen LogP contribution in [0.2, 0.25) is 0 Å². The van der Waals surface area contributed by atoms with E-state index >= 15 is 0 Å². The highest BCUT2D eigenvalue weighted by molar-refractivity contribution is 5.86. The molecule has 0 amide bonds. The molecule has 20 heavy (non-hydrogen) atoms. The van der Waals surface area contributed by atoms with E-state index in [1.54, 1.807) is 13.0 Å². The van der Waals surface area contributed by atoms with Crippen molar-refractivity contribution in [2.24, 2.45) is 0 Å². The molecule has 0 saturated carbocycles. The van der Waals surface area contributed by atoms with Crippen molar-refractivity contribution in [1.29, 1.82) is 0 Å². The summed E-state index contributed by atoms with van der Waals surface area (Å²) in [5.41, 5.74) is -0.698. The van der Waals surface area contributed by atoms with Crippen LogP contribution < -0.4 is 5.32 Å². The summed E-state index contributed by atoms with van der Waals surface area (Å²) in [6.45, 7) is 2.07. The molecule has 1 saturated heterocycles. The topological polar surface area (TPSA) is 111 Å². The summed E-state index contributed by atoms with van der Waals surface area (Å²) < 4.78 is 9.70. The third kappa shape index (κ3) is 2.69. The predicted molar refractivity (Wildman–Crippen MR) is 67.5 cm³/mol. The van der Waals surface area contributed by atoms with Crippen LogP contribution in [0, 0.1) is 6.92 Å². The molecule has 1 aliphatic heterocycles. The second-order valence-electron chi connectivity index (χ2n) is 4.52. The van der Waals surface area contributed by atoms with Gasteiger partial charge >= 0.3 is 11.9 Å². The van der Waals surface area contributed by atoms with Gasteiger partial charge in [-0.15, -0.1) is 0 Å². The molecule has 0 spiro atoms. The number of ether oxygens (including phenoxy) is 2. The van der Waals surface area contributed by atoms with Crippen molar-refractivity contribution in [2.45, 2.75) is 18.9 Å². The van der Waals surface area contributed by atoms with E-state index in [1.165, 1.54) is 7.11 Å². The number of anilines is 1. The Hall–Kier alpha value is -2.22. The first-order valence-electron chi connectivity index (χ1n) is 6.00. The molecule has 8 heteroatoms. The Kier molecular flexibility index (Phi) is 3.84. The molecule has 2 N–H and O–H groups in total. The summed E-state index contributed by atoms with van der Waals surface area (Å²) in [5.74, 6) is -1.56. The molecule has 8 nitrogen and oxygen atoms in total. The van der Waals surface area contributed by atoms with E-state index in [-0.39, 0.29) is 18.2 Å². The van der Waals surface area contributed by atoms with Crippen LogP contribution in [-0.2, 0) is 14.3 Å². The van der Waals surface area contributed by atoms with Crippen molar-refractivity contribution >= 4 is 17.8 Å². The molecule has 0 aliphatic carbocycles. The highest BCUT2D eigenvalue weighted by Gasteiger charge is 2.43. The number of nitrogens with one attached hydrogen (secondary N) is 1. The van der Waals surface area contributed by atoms with Gasteiger partial charge in [0.1, 0.15) is 5.82 Å². The Morgan fingerprint density at radius 3 is 2.80 bits per heavy atom. The summed E-state index contributed by atoms with van der Waals surface area (Å²) in [7, 11) is 1.23. The minimum absolute atomic E-state index is 0.0406. The van der Waals surface area contributed by atoms with Crippen LogP contribution in [-0.4, -0.2) is 52.9 Å². The summed E-state index contributed by atoms with van der Waals surface area (Å²) in [6.07, 6.45) is 0.318. The zero-order valence-corrected chi connectivity index (χ0v) is 11.2. The van der Waals surface area contributed by atoms with E-state index in [0.717, 1.165) is 0 Å².